The van der Waals surface area contributed by atoms with Crippen LogP contribution in [0.4, 0.5) is 0 Å². The third-order valence-corrected chi connectivity index (χ3v) is 4.52. The molecule has 0 aliphatic rings. The first-order valence-corrected chi connectivity index (χ1v) is 10.3. The fourth-order valence-corrected chi connectivity index (χ4v) is 3.06. The van der Waals surface area contributed by atoms with Gasteiger partial charge in [-0.3, -0.25) is 9.78 Å². The third-order valence-electron chi connectivity index (χ3n) is 4.52. The molecule has 0 unspecified atom stereocenters. The molecule has 0 bridgehead atoms. The monoisotopic (exact) mass is 433 g/mol. The second-order valence-electron chi connectivity index (χ2n) is 7.22. The Balaban J connectivity index is 1.47. The van der Waals surface area contributed by atoms with Crippen molar-refractivity contribution in [1.82, 2.24) is 10.4 Å². The highest BCUT2D eigenvalue weighted by Gasteiger charge is 2.06. The molecule has 0 aliphatic carbocycles. The molecule has 0 atom stereocenters. The summed E-state index contributed by atoms with van der Waals surface area (Å²) >= 11 is 0. The van der Waals surface area contributed by atoms with Crippen LogP contribution in [0.3, 0.4) is 0 Å². The minimum Gasteiger partial charge on any atom is -0.493 e. The number of pyridine rings is 1. The number of nitrogens with zero attached hydrogens (tertiary/aromatic N) is 2. The van der Waals surface area contributed by atoms with Crippen molar-refractivity contribution >= 4 is 12.1 Å². The Kier molecular flexibility index (Phi) is 8.20. The zero-order chi connectivity index (χ0) is 22.8. The molecule has 0 fully saturated rings. The summed E-state index contributed by atoms with van der Waals surface area (Å²) in [6, 6.07) is 14.9. The van der Waals surface area contributed by atoms with Crippen molar-refractivity contribution in [3.05, 3.63) is 83.2 Å². The number of carbonyl (C=O) groups excluding carboxylic acids is 1. The highest BCUT2D eigenvalue weighted by molar-refractivity contribution is 5.94. The van der Waals surface area contributed by atoms with Gasteiger partial charge < -0.3 is 14.2 Å². The number of methoxy groups -OCH3 is 1. The topological polar surface area (TPSA) is 82.0 Å². The summed E-state index contributed by atoms with van der Waals surface area (Å²) in [6.45, 7) is 5.17. The van der Waals surface area contributed by atoms with Crippen LogP contribution in [-0.2, 0) is 0 Å². The molecule has 0 spiro atoms. The normalized spacial score (nSPS) is 10.7. The SMILES string of the molecule is COc1cc(C=NNC(=O)c2ccncc2)ccc1OCCCOc1cc(C)cc(C)c1. The minimum absolute atomic E-state index is 0.307. The van der Waals surface area contributed by atoms with Gasteiger partial charge in [0, 0.05) is 24.4 Å². The number of benzene rings is 2. The quantitative estimate of drug-likeness (QED) is 0.293. The fourth-order valence-electron chi connectivity index (χ4n) is 3.06. The van der Waals surface area contributed by atoms with Gasteiger partial charge in [-0.2, -0.15) is 5.10 Å². The first kappa shape index (κ1) is 22.8. The predicted octanol–water partition coefficient (Wildman–Crippen LogP) is 4.32. The van der Waals surface area contributed by atoms with Gasteiger partial charge in [-0.15, -0.1) is 0 Å². The molecule has 1 heterocycles. The van der Waals surface area contributed by atoms with Crippen LogP contribution in [0.5, 0.6) is 17.2 Å². The maximum absolute atomic E-state index is 12.0. The van der Waals surface area contributed by atoms with Gasteiger partial charge in [0.05, 0.1) is 26.5 Å². The van der Waals surface area contributed by atoms with Gasteiger partial charge in [-0.1, -0.05) is 6.07 Å². The van der Waals surface area contributed by atoms with Crippen LogP contribution >= 0.6 is 0 Å². The van der Waals surface area contributed by atoms with E-state index in [4.69, 9.17) is 14.2 Å². The lowest BCUT2D eigenvalue weighted by atomic mass is 10.1. The van der Waals surface area contributed by atoms with Crippen molar-refractivity contribution < 1.29 is 19.0 Å². The van der Waals surface area contributed by atoms with E-state index >= 15 is 0 Å². The number of amides is 1. The number of hydrogen-bond acceptors (Lipinski definition) is 6. The number of carbonyl (C=O) groups is 1. The standard InChI is InChI=1S/C25H27N3O4/c1-18-13-19(2)15-22(14-18)31-11-4-12-32-23-6-5-20(16-24(23)30-3)17-27-28-25(29)21-7-9-26-10-8-21/h5-10,13-17H,4,11-12H2,1-3H3,(H,28,29). The van der Waals surface area contributed by atoms with Crippen molar-refractivity contribution in [2.45, 2.75) is 20.3 Å². The van der Waals surface area contributed by atoms with Crippen molar-refractivity contribution in [3.8, 4) is 17.2 Å². The smallest absolute Gasteiger partial charge is 0.271 e. The molecule has 7 heteroatoms. The molecule has 32 heavy (non-hydrogen) atoms. The van der Waals surface area contributed by atoms with Crippen molar-refractivity contribution in [2.75, 3.05) is 20.3 Å². The number of nitrogens with one attached hydrogen (secondary N) is 1. The Labute approximate surface area is 188 Å². The highest BCUT2D eigenvalue weighted by atomic mass is 16.5. The molecule has 7 nitrogen and oxygen atoms in total. The predicted molar refractivity (Wildman–Crippen MR) is 124 cm³/mol. The summed E-state index contributed by atoms with van der Waals surface area (Å²) in [5, 5.41) is 3.99. The average Bonchev–Trinajstić information content (AvgIpc) is 2.79. The van der Waals surface area contributed by atoms with E-state index in [0.29, 0.717) is 30.3 Å². The van der Waals surface area contributed by atoms with E-state index in [1.807, 2.05) is 24.3 Å². The largest absolute Gasteiger partial charge is 0.493 e. The molecule has 0 saturated heterocycles. The van der Waals surface area contributed by atoms with Gasteiger partial charge in [0.25, 0.3) is 5.91 Å². The number of hydrogen-bond donors (Lipinski definition) is 1. The van der Waals surface area contributed by atoms with E-state index in [9.17, 15) is 4.79 Å². The highest BCUT2D eigenvalue weighted by Crippen LogP contribution is 2.27. The van der Waals surface area contributed by atoms with Gasteiger partial charge in [0.2, 0.25) is 0 Å². The second-order valence-corrected chi connectivity index (χ2v) is 7.22. The van der Waals surface area contributed by atoms with Crippen molar-refractivity contribution in [1.29, 1.82) is 0 Å². The Morgan fingerprint density at radius 1 is 0.969 bits per heavy atom. The van der Waals surface area contributed by atoms with Crippen LogP contribution in [0.2, 0.25) is 0 Å². The molecule has 2 aromatic carbocycles. The maximum atomic E-state index is 12.0. The Bertz CT molecular complexity index is 1050. The molecular formula is C25H27N3O4. The lowest BCUT2D eigenvalue weighted by molar-refractivity contribution is 0.0955. The van der Waals surface area contributed by atoms with Crippen LogP contribution in [0.25, 0.3) is 0 Å². The molecule has 0 aliphatic heterocycles. The van der Waals surface area contributed by atoms with Crippen molar-refractivity contribution in [3.63, 3.8) is 0 Å². The molecule has 1 N–H and O–H groups in total. The summed E-state index contributed by atoms with van der Waals surface area (Å²) in [7, 11) is 1.58. The Hall–Kier alpha value is -3.87. The maximum Gasteiger partial charge on any atom is 0.271 e. The summed E-state index contributed by atoms with van der Waals surface area (Å²) < 4.78 is 17.1. The van der Waals surface area contributed by atoms with Crippen LogP contribution in [0.1, 0.15) is 33.5 Å². The Morgan fingerprint density at radius 3 is 2.41 bits per heavy atom. The van der Waals surface area contributed by atoms with Crippen LogP contribution < -0.4 is 19.6 Å². The molecule has 0 saturated carbocycles. The third kappa shape index (κ3) is 6.84. The lowest BCUT2D eigenvalue weighted by Crippen LogP contribution is -2.17. The van der Waals surface area contributed by atoms with Gasteiger partial charge in [0.1, 0.15) is 5.75 Å². The van der Waals surface area contributed by atoms with Crippen LogP contribution in [0, 0.1) is 13.8 Å². The first-order chi connectivity index (χ1) is 15.5. The zero-order valence-electron chi connectivity index (χ0n) is 18.5. The lowest BCUT2D eigenvalue weighted by Gasteiger charge is -2.12. The molecule has 0 radical (unpaired) electrons. The van der Waals surface area contributed by atoms with Crippen molar-refractivity contribution in [2.24, 2.45) is 5.10 Å². The van der Waals surface area contributed by atoms with E-state index in [-0.39, 0.29) is 5.91 Å². The van der Waals surface area contributed by atoms with E-state index < -0.39 is 0 Å². The number of aromatic nitrogens is 1. The van der Waals surface area contributed by atoms with E-state index in [2.05, 4.69) is 35.4 Å². The second kappa shape index (κ2) is 11.5. The van der Waals surface area contributed by atoms with Gasteiger partial charge in [0.15, 0.2) is 11.5 Å². The van der Waals surface area contributed by atoms with Gasteiger partial charge >= 0.3 is 0 Å². The molecule has 1 aromatic heterocycles. The van der Waals surface area contributed by atoms with Gasteiger partial charge in [-0.25, -0.2) is 5.43 Å². The van der Waals surface area contributed by atoms with Crippen LogP contribution in [-0.4, -0.2) is 37.4 Å². The first-order valence-electron chi connectivity index (χ1n) is 10.3. The fraction of sp³-hybridized carbons (Fsp3) is 0.240. The number of rotatable bonds is 10. The summed E-state index contributed by atoms with van der Waals surface area (Å²) in [6.07, 6.45) is 5.39. The minimum atomic E-state index is -0.307. The van der Waals surface area contributed by atoms with Crippen LogP contribution in [0.15, 0.2) is 66.0 Å². The molecule has 3 aromatic rings. The summed E-state index contributed by atoms with van der Waals surface area (Å²) in [5.41, 5.74) is 6.10. The number of ether oxygens (including phenoxy) is 3. The molecular weight excluding hydrogens is 406 g/mol. The Morgan fingerprint density at radius 2 is 1.69 bits per heavy atom. The summed E-state index contributed by atoms with van der Waals surface area (Å²) in [5.74, 6) is 1.79. The average molecular weight is 434 g/mol. The molecule has 3 rings (SSSR count). The molecule has 166 valence electrons. The van der Waals surface area contributed by atoms with Gasteiger partial charge in [-0.05, 0) is 73.0 Å². The number of hydrazone groups is 1. The van der Waals surface area contributed by atoms with E-state index in [1.54, 1.807) is 43.9 Å². The number of aryl methyl sites for hydroxylation is 2. The van der Waals surface area contributed by atoms with E-state index in [0.717, 1.165) is 17.7 Å². The zero-order valence-corrected chi connectivity index (χ0v) is 18.5. The van der Waals surface area contributed by atoms with E-state index in [1.165, 1.54) is 11.1 Å². The summed E-state index contributed by atoms with van der Waals surface area (Å²) in [4.78, 5) is 15.9. The molecule has 1 amide bonds.